The van der Waals surface area contributed by atoms with Crippen LogP contribution in [0, 0.1) is 12.7 Å². The minimum atomic E-state index is -4.04. The maximum atomic E-state index is 13.5. The fraction of sp³-hybridized carbons (Fsp3) is 0.143. The predicted octanol–water partition coefficient (Wildman–Crippen LogP) is 1.84. The van der Waals surface area contributed by atoms with Gasteiger partial charge in [0, 0.05) is 0 Å². The first-order valence-electron chi connectivity index (χ1n) is 6.48. The Morgan fingerprint density at radius 2 is 1.52 bits per heavy atom. The maximum Gasteiger partial charge on any atom is 0.261 e. The van der Waals surface area contributed by atoms with E-state index in [0.717, 1.165) is 12.1 Å². The van der Waals surface area contributed by atoms with Crippen LogP contribution in [0.1, 0.15) is 5.56 Å². The molecule has 2 aromatic rings. The summed E-state index contributed by atoms with van der Waals surface area (Å²) in [4.78, 5) is -0.423. The number of hydrogen-bond donors (Lipinski definition) is 2. The van der Waals surface area contributed by atoms with Gasteiger partial charge in [-0.25, -0.2) is 25.9 Å². The van der Waals surface area contributed by atoms with E-state index in [1.807, 2.05) is 0 Å². The lowest BCUT2D eigenvalue weighted by Crippen LogP contribution is -2.19. The zero-order chi connectivity index (χ0) is 17.3. The molecular formula is C14H15FN2O4S2. The van der Waals surface area contributed by atoms with E-state index in [2.05, 4.69) is 9.44 Å². The molecule has 9 heteroatoms. The molecule has 2 N–H and O–H groups in total. The first-order valence-corrected chi connectivity index (χ1v) is 9.45. The van der Waals surface area contributed by atoms with Gasteiger partial charge >= 0.3 is 0 Å². The van der Waals surface area contributed by atoms with Crippen LogP contribution in [0.15, 0.2) is 52.3 Å². The number of aryl methyl sites for hydroxylation is 1. The Bertz CT molecular complexity index is 941. The van der Waals surface area contributed by atoms with Crippen molar-refractivity contribution in [3.05, 3.63) is 53.8 Å². The lowest BCUT2D eigenvalue weighted by Gasteiger charge is -2.10. The molecule has 0 saturated carbocycles. The van der Waals surface area contributed by atoms with Gasteiger partial charge in [-0.2, -0.15) is 0 Å². The summed E-state index contributed by atoms with van der Waals surface area (Å²) < 4.78 is 65.9. The Kier molecular flexibility index (Phi) is 4.73. The summed E-state index contributed by atoms with van der Waals surface area (Å²) in [6.07, 6.45) is 0. The van der Waals surface area contributed by atoms with Crippen molar-refractivity contribution in [2.75, 3.05) is 11.8 Å². The van der Waals surface area contributed by atoms with Crippen LogP contribution in [0.25, 0.3) is 0 Å². The van der Waals surface area contributed by atoms with Crippen LogP contribution < -0.4 is 9.44 Å². The highest BCUT2D eigenvalue weighted by Gasteiger charge is 2.19. The fourth-order valence-electron chi connectivity index (χ4n) is 1.80. The molecule has 0 aliphatic heterocycles. The molecule has 124 valence electrons. The average molecular weight is 358 g/mol. The second kappa shape index (κ2) is 6.26. The van der Waals surface area contributed by atoms with Gasteiger partial charge in [0.1, 0.15) is 5.82 Å². The van der Waals surface area contributed by atoms with Crippen LogP contribution in [-0.4, -0.2) is 23.9 Å². The van der Waals surface area contributed by atoms with Crippen LogP contribution >= 0.6 is 0 Å². The van der Waals surface area contributed by atoms with Gasteiger partial charge in [0.25, 0.3) is 10.0 Å². The van der Waals surface area contributed by atoms with Crippen LogP contribution in [0.2, 0.25) is 0 Å². The fourth-order valence-corrected chi connectivity index (χ4v) is 3.74. The molecule has 0 bridgehead atoms. The van der Waals surface area contributed by atoms with Gasteiger partial charge in [0.2, 0.25) is 10.0 Å². The highest BCUT2D eigenvalue weighted by Crippen LogP contribution is 2.20. The highest BCUT2D eigenvalue weighted by molar-refractivity contribution is 7.93. The molecule has 0 saturated heterocycles. The molecule has 0 spiro atoms. The zero-order valence-corrected chi connectivity index (χ0v) is 14.0. The molecule has 2 rings (SSSR count). The molecule has 23 heavy (non-hydrogen) atoms. The molecule has 2 aromatic carbocycles. The van der Waals surface area contributed by atoms with Crippen molar-refractivity contribution in [3.8, 4) is 0 Å². The molecule has 0 aliphatic rings. The molecule has 0 aromatic heterocycles. The first kappa shape index (κ1) is 17.4. The van der Waals surface area contributed by atoms with E-state index in [1.165, 1.54) is 37.4 Å². The first-order chi connectivity index (χ1) is 10.7. The average Bonchev–Trinajstić information content (AvgIpc) is 2.51. The summed E-state index contributed by atoms with van der Waals surface area (Å²) in [5.74, 6) is -0.545. The number of sulfonamides is 2. The highest BCUT2D eigenvalue weighted by atomic mass is 32.2. The molecule has 0 radical (unpaired) electrons. The second-order valence-electron chi connectivity index (χ2n) is 4.75. The Morgan fingerprint density at radius 1 is 0.913 bits per heavy atom. The number of anilines is 1. The minimum Gasteiger partial charge on any atom is -0.280 e. The van der Waals surface area contributed by atoms with E-state index in [4.69, 9.17) is 0 Å². The van der Waals surface area contributed by atoms with E-state index in [9.17, 15) is 21.2 Å². The molecule has 0 heterocycles. The number of halogens is 1. The third kappa shape index (κ3) is 3.87. The number of hydrogen-bond acceptors (Lipinski definition) is 4. The third-order valence-corrected chi connectivity index (χ3v) is 5.91. The molecule has 0 amide bonds. The zero-order valence-electron chi connectivity index (χ0n) is 12.4. The number of nitrogens with one attached hydrogen (secondary N) is 2. The van der Waals surface area contributed by atoms with Gasteiger partial charge in [-0.3, -0.25) is 4.72 Å². The van der Waals surface area contributed by atoms with E-state index in [-0.39, 0.29) is 15.5 Å². The van der Waals surface area contributed by atoms with Gasteiger partial charge < -0.3 is 0 Å². The largest absolute Gasteiger partial charge is 0.280 e. The number of benzene rings is 2. The van der Waals surface area contributed by atoms with Crippen molar-refractivity contribution in [2.45, 2.75) is 16.7 Å². The van der Waals surface area contributed by atoms with Crippen LogP contribution in [0.3, 0.4) is 0 Å². The summed E-state index contributed by atoms with van der Waals surface area (Å²) >= 11 is 0. The molecular weight excluding hydrogens is 343 g/mol. The van der Waals surface area contributed by atoms with Gasteiger partial charge in [0.05, 0.1) is 15.5 Å². The molecule has 0 atom stereocenters. The summed E-state index contributed by atoms with van der Waals surface area (Å²) in [7, 11) is -6.59. The van der Waals surface area contributed by atoms with Gasteiger partial charge in [0.15, 0.2) is 0 Å². The monoisotopic (exact) mass is 358 g/mol. The van der Waals surface area contributed by atoms with Gasteiger partial charge in [-0.05, 0) is 49.9 Å². The molecule has 0 unspecified atom stereocenters. The van der Waals surface area contributed by atoms with Crippen LogP contribution in [-0.2, 0) is 20.0 Å². The number of rotatable bonds is 5. The van der Waals surface area contributed by atoms with Crippen molar-refractivity contribution in [3.63, 3.8) is 0 Å². The van der Waals surface area contributed by atoms with Crippen molar-refractivity contribution in [1.82, 2.24) is 4.72 Å². The maximum absolute atomic E-state index is 13.5. The van der Waals surface area contributed by atoms with E-state index in [0.29, 0.717) is 5.56 Å². The summed E-state index contributed by atoms with van der Waals surface area (Å²) in [5, 5.41) is 0. The predicted molar refractivity (Wildman–Crippen MR) is 84.6 cm³/mol. The quantitative estimate of drug-likeness (QED) is 0.853. The van der Waals surface area contributed by atoms with Gasteiger partial charge in [-0.15, -0.1) is 0 Å². The lowest BCUT2D eigenvalue weighted by molar-refractivity contribution is 0.588. The molecule has 0 fully saturated rings. The Hall–Kier alpha value is -1.97. The smallest absolute Gasteiger partial charge is 0.261 e. The van der Waals surface area contributed by atoms with E-state index >= 15 is 0 Å². The van der Waals surface area contributed by atoms with Crippen LogP contribution in [0.4, 0.5) is 10.1 Å². The van der Waals surface area contributed by atoms with E-state index in [1.54, 1.807) is 6.92 Å². The van der Waals surface area contributed by atoms with Crippen LogP contribution in [0.5, 0.6) is 0 Å². The normalized spacial score (nSPS) is 12.1. The Labute approximate surface area is 134 Å². The standard InChI is InChI=1S/C14H15FN2O4S2/c1-10-6-7-11(8-14(10)15)17-23(20,21)13-5-3-4-12(9-13)22(18,19)16-2/h3-9,16-17H,1-2H3. The summed E-state index contributed by atoms with van der Waals surface area (Å²) in [5.41, 5.74) is 0.435. The summed E-state index contributed by atoms with van der Waals surface area (Å²) in [6, 6.07) is 8.78. The third-order valence-electron chi connectivity index (χ3n) is 3.12. The molecule has 6 nitrogen and oxygen atoms in total. The SMILES string of the molecule is CNS(=O)(=O)c1cccc(S(=O)(=O)Nc2ccc(C)c(F)c2)c1. The Morgan fingerprint density at radius 3 is 2.09 bits per heavy atom. The van der Waals surface area contributed by atoms with Crippen molar-refractivity contribution in [1.29, 1.82) is 0 Å². The van der Waals surface area contributed by atoms with Crippen molar-refractivity contribution in [2.24, 2.45) is 0 Å². The second-order valence-corrected chi connectivity index (χ2v) is 8.32. The Balaban J connectivity index is 2.40. The van der Waals surface area contributed by atoms with Gasteiger partial charge in [-0.1, -0.05) is 12.1 Å². The molecule has 0 aliphatic carbocycles. The van der Waals surface area contributed by atoms with Crippen molar-refractivity contribution >= 4 is 25.7 Å². The van der Waals surface area contributed by atoms with Crippen molar-refractivity contribution < 1.29 is 21.2 Å². The van der Waals surface area contributed by atoms with E-state index < -0.39 is 25.9 Å². The lowest BCUT2D eigenvalue weighted by atomic mass is 10.2. The summed E-state index contributed by atoms with van der Waals surface area (Å²) in [6.45, 7) is 1.56. The minimum absolute atomic E-state index is 0.0509. The topological polar surface area (TPSA) is 92.3 Å².